The molecular formula is C26H25N3O. The lowest BCUT2D eigenvalue weighted by Gasteiger charge is -2.19. The molecule has 4 aromatic rings. The van der Waals surface area contributed by atoms with Crippen molar-refractivity contribution in [2.75, 3.05) is 0 Å². The lowest BCUT2D eigenvalue weighted by Crippen LogP contribution is -2.28. The maximum Gasteiger partial charge on any atom is 0.142 e. The van der Waals surface area contributed by atoms with Crippen molar-refractivity contribution < 1.29 is 4.84 Å². The van der Waals surface area contributed by atoms with E-state index in [0.29, 0.717) is 6.61 Å². The lowest BCUT2D eigenvalue weighted by atomic mass is 9.91. The number of hydrogen-bond donors (Lipinski definition) is 1. The summed E-state index contributed by atoms with van der Waals surface area (Å²) >= 11 is 0. The molecule has 4 rings (SSSR count). The number of pyridine rings is 1. The van der Waals surface area contributed by atoms with E-state index in [4.69, 9.17) is 10.6 Å². The highest BCUT2D eigenvalue weighted by atomic mass is 16.6. The number of benzene rings is 3. The summed E-state index contributed by atoms with van der Waals surface area (Å²) in [6.07, 6.45) is 5.46. The first kappa shape index (κ1) is 19.8. The Morgan fingerprint density at radius 2 is 1.73 bits per heavy atom. The summed E-state index contributed by atoms with van der Waals surface area (Å²) in [6, 6.07) is 24.6. The number of fused-ring (bicyclic) bond motifs is 1. The van der Waals surface area contributed by atoms with E-state index in [2.05, 4.69) is 46.5 Å². The van der Waals surface area contributed by atoms with E-state index >= 15 is 0 Å². The number of nitrogens with zero attached hydrogens (tertiary/aromatic N) is 2. The van der Waals surface area contributed by atoms with Crippen LogP contribution in [0.2, 0.25) is 0 Å². The summed E-state index contributed by atoms with van der Waals surface area (Å²) in [5, 5.41) is 6.41. The molecule has 0 amide bonds. The van der Waals surface area contributed by atoms with Crippen LogP contribution in [0.15, 0.2) is 90.3 Å². The monoisotopic (exact) mass is 395 g/mol. The molecule has 0 unspecified atom stereocenters. The lowest BCUT2D eigenvalue weighted by molar-refractivity contribution is 0.132. The van der Waals surface area contributed by atoms with Crippen LogP contribution in [0.25, 0.3) is 21.9 Å². The van der Waals surface area contributed by atoms with Crippen molar-refractivity contribution in [2.24, 2.45) is 10.9 Å². The molecule has 1 aromatic heterocycles. The molecule has 2 N–H and O–H groups in total. The first-order valence-corrected chi connectivity index (χ1v) is 9.98. The fraction of sp³-hybridized carbons (Fsp3) is 0.154. The van der Waals surface area contributed by atoms with E-state index in [-0.39, 0.29) is 5.54 Å². The quantitative estimate of drug-likeness (QED) is 0.339. The van der Waals surface area contributed by atoms with Gasteiger partial charge in [0.2, 0.25) is 0 Å². The van der Waals surface area contributed by atoms with Gasteiger partial charge < -0.3 is 10.6 Å². The second-order valence-corrected chi connectivity index (χ2v) is 7.92. The van der Waals surface area contributed by atoms with Crippen LogP contribution >= 0.6 is 0 Å². The molecule has 0 bridgehead atoms. The highest BCUT2D eigenvalue weighted by Crippen LogP contribution is 2.30. The second kappa shape index (κ2) is 8.47. The molecule has 0 aliphatic heterocycles. The van der Waals surface area contributed by atoms with Crippen LogP contribution in [0.4, 0.5) is 0 Å². The molecule has 0 radical (unpaired) electrons. The molecule has 4 heteroatoms. The normalized spacial score (nSPS) is 11.8. The van der Waals surface area contributed by atoms with Crippen molar-refractivity contribution in [2.45, 2.75) is 26.0 Å². The Balaban J connectivity index is 1.68. The van der Waals surface area contributed by atoms with Crippen molar-refractivity contribution in [1.29, 1.82) is 0 Å². The number of oxime groups is 1. The van der Waals surface area contributed by atoms with Crippen molar-refractivity contribution in [1.82, 2.24) is 4.98 Å². The number of rotatable bonds is 6. The van der Waals surface area contributed by atoms with E-state index in [0.717, 1.165) is 38.6 Å². The zero-order valence-electron chi connectivity index (χ0n) is 17.2. The van der Waals surface area contributed by atoms with E-state index in [9.17, 15) is 0 Å². The molecule has 0 fully saturated rings. The van der Waals surface area contributed by atoms with Crippen molar-refractivity contribution in [3.05, 3.63) is 102 Å². The zero-order chi connectivity index (χ0) is 21.0. The third-order valence-corrected chi connectivity index (χ3v) is 5.13. The summed E-state index contributed by atoms with van der Waals surface area (Å²) < 4.78 is 0. The fourth-order valence-corrected chi connectivity index (χ4v) is 3.44. The standard InChI is InChI=1S/C26H25N3O/c1-26(2,27)22-11-8-20(9-12-22)23-13-10-21-16-28-15-14-24(21)25(23)17-29-30-18-19-6-4-3-5-7-19/h3-17H,18,27H2,1-2H3/b29-17+. The molecule has 0 aliphatic rings. The van der Waals surface area contributed by atoms with Crippen LogP contribution < -0.4 is 5.73 Å². The van der Waals surface area contributed by atoms with E-state index in [1.54, 1.807) is 12.4 Å². The molecule has 0 saturated heterocycles. The molecule has 4 nitrogen and oxygen atoms in total. The largest absolute Gasteiger partial charge is 0.391 e. The van der Waals surface area contributed by atoms with Crippen molar-refractivity contribution in [3.63, 3.8) is 0 Å². The average molecular weight is 396 g/mol. The van der Waals surface area contributed by atoms with Gasteiger partial charge in [-0.05, 0) is 47.6 Å². The third kappa shape index (κ3) is 4.39. The molecule has 0 aliphatic carbocycles. The SMILES string of the molecule is CC(C)(N)c1ccc(-c2ccc3cnccc3c2/C=N/OCc2ccccc2)cc1. The molecule has 0 saturated carbocycles. The Bertz CT molecular complexity index is 1160. The Morgan fingerprint density at radius 1 is 0.967 bits per heavy atom. The predicted octanol–water partition coefficient (Wildman–Crippen LogP) is 5.65. The molecule has 1 heterocycles. The van der Waals surface area contributed by atoms with Gasteiger partial charge in [-0.2, -0.15) is 0 Å². The third-order valence-electron chi connectivity index (χ3n) is 5.13. The van der Waals surface area contributed by atoms with Gasteiger partial charge in [-0.1, -0.05) is 71.9 Å². The maximum absolute atomic E-state index is 6.23. The summed E-state index contributed by atoms with van der Waals surface area (Å²) in [5.41, 5.74) is 11.2. The summed E-state index contributed by atoms with van der Waals surface area (Å²) in [4.78, 5) is 9.81. The Morgan fingerprint density at radius 3 is 2.47 bits per heavy atom. The topological polar surface area (TPSA) is 60.5 Å². The van der Waals surface area contributed by atoms with Gasteiger partial charge in [-0.3, -0.25) is 4.98 Å². The summed E-state index contributed by atoms with van der Waals surface area (Å²) in [6.45, 7) is 4.44. The molecule has 0 spiro atoms. The minimum atomic E-state index is -0.372. The smallest absolute Gasteiger partial charge is 0.142 e. The average Bonchev–Trinajstić information content (AvgIpc) is 2.77. The van der Waals surface area contributed by atoms with Gasteiger partial charge in [0, 0.05) is 28.9 Å². The Hall–Kier alpha value is -3.50. The van der Waals surface area contributed by atoms with Crippen LogP contribution in [0.5, 0.6) is 0 Å². The zero-order valence-corrected chi connectivity index (χ0v) is 17.2. The second-order valence-electron chi connectivity index (χ2n) is 7.92. The summed E-state index contributed by atoms with van der Waals surface area (Å²) in [7, 11) is 0. The van der Waals surface area contributed by atoms with E-state index < -0.39 is 0 Å². The van der Waals surface area contributed by atoms with Gasteiger partial charge in [0.1, 0.15) is 6.61 Å². The van der Waals surface area contributed by atoms with Crippen LogP contribution in [-0.2, 0) is 17.0 Å². The maximum atomic E-state index is 6.23. The number of aromatic nitrogens is 1. The molecule has 0 atom stereocenters. The minimum Gasteiger partial charge on any atom is -0.391 e. The van der Waals surface area contributed by atoms with Gasteiger partial charge in [0.05, 0.1) is 6.21 Å². The van der Waals surface area contributed by atoms with Crippen LogP contribution in [-0.4, -0.2) is 11.2 Å². The first-order chi connectivity index (χ1) is 14.5. The Labute approximate surface area is 177 Å². The number of hydrogen-bond acceptors (Lipinski definition) is 4. The van der Waals surface area contributed by atoms with Crippen molar-refractivity contribution in [3.8, 4) is 11.1 Å². The van der Waals surface area contributed by atoms with Gasteiger partial charge in [-0.25, -0.2) is 0 Å². The van der Waals surface area contributed by atoms with Crippen LogP contribution in [0, 0.1) is 0 Å². The van der Waals surface area contributed by atoms with Crippen LogP contribution in [0.3, 0.4) is 0 Å². The van der Waals surface area contributed by atoms with E-state index in [1.165, 1.54) is 0 Å². The van der Waals surface area contributed by atoms with Gasteiger partial charge in [-0.15, -0.1) is 0 Å². The highest BCUT2D eigenvalue weighted by molar-refractivity contribution is 6.05. The van der Waals surface area contributed by atoms with E-state index in [1.807, 2.05) is 56.4 Å². The fourth-order valence-electron chi connectivity index (χ4n) is 3.44. The van der Waals surface area contributed by atoms with Gasteiger partial charge in [0.15, 0.2) is 0 Å². The van der Waals surface area contributed by atoms with Gasteiger partial charge in [0.25, 0.3) is 0 Å². The molecule has 150 valence electrons. The van der Waals surface area contributed by atoms with Crippen molar-refractivity contribution >= 4 is 17.0 Å². The predicted molar refractivity (Wildman–Crippen MR) is 123 cm³/mol. The summed E-state index contributed by atoms with van der Waals surface area (Å²) in [5.74, 6) is 0. The minimum absolute atomic E-state index is 0.372. The molecule has 3 aromatic carbocycles. The molecule has 30 heavy (non-hydrogen) atoms. The van der Waals surface area contributed by atoms with Gasteiger partial charge >= 0.3 is 0 Å². The molecular weight excluding hydrogens is 370 g/mol. The highest BCUT2D eigenvalue weighted by Gasteiger charge is 2.14. The van der Waals surface area contributed by atoms with Crippen LogP contribution in [0.1, 0.15) is 30.5 Å². The number of nitrogens with two attached hydrogens (primary N) is 1. The first-order valence-electron chi connectivity index (χ1n) is 9.98. The Kier molecular flexibility index (Phi) is 5.59.